The van der Waals surface area contributed by atoms with E-state index in [4.69, 9.17) is 23.2 Å². The third kappa shape index (κ3) is 2.22. The van der Waals surface area contributed by atoms with Crippen LogP contribution in [0.1, 0.15) is 5.56 Å². The van der Waals surface area contributed by atoms with Crippen molar-refractivity contribution >= 4 is 34.0 Å². The summed E-state index contributed by atoms with van der Waals surface area (Å²) in [5.74, 6) is 0. The second kappa shape index (κ2) is 4.88. The fraction of sp³-hybridized carbons (Fsp3) is 0.0588. The van der Waals surface area contributed by atoms with E-state index in [0.29, 0.717) is 10.0 Å². The molecule has 0 bridgehead atoms. The maximum atomic E-state index is 6.32. The van der Waals surface area contributed by atoms with E-state index >= 15 is 0 Å². The van der Waals surface area contributed by atoms with Crippen LogP contribution >= 0.6 is 23.2 Å². The molecule has 0 radical (unpaired) electrons. The van der Waals surface area contributed by atoms with Gasteiger partial charge in [0.15, 0.2) is 0 Å². The molecule has 0 aliphatic rings. The summed E-state index contributed by atoms with van der Waals surface area (Å²) >= 11 is 12.3. The number of fused-ring (bicyclic) bond motifs is 1. The van der Waals surface area contributed by atoms with Crippen molar-refractivity contribution in [3.8, 4) is 11.1 Å². The quantitative estimate of drug-likeness (QED) is 0.505. The normalized spacial score (nSPS) is 10.9. The number of rotatable bonds is 1. The van der Waals surface area contributed by atoms with E-state index in [-0.39, 0.29) is 0 Å². The molecule has 0 unspecified atom stereocenters. The summed E-state index contributed by atoms with van der Waals surface area (Å²) in [6.45, 7) is 2.12. The Hall–Kier alpha value is -1.50. The Morgan fingerprint density at radius 3 is 2.16 bits per heavy atom. The summed E-state index contributed by atoms with van der Waals surface area (Å²) in [7, 11) is 0. The first-order valence-corrected chi connectivity index (χ1v) is 6.86. The minimum absolute atomic E-state index is 0.658. The Morgan fingerprint density at radius 2 is 1.42 bits per heavy atom. The van der Waals surface area contributed by atoms with Crippen LogP contribution < -0.4 is 0 Å². The molecule has 0 heterocycles. The molecule has 3 aromatic carbocycles. The Kier molecular flexibility index (Phi) is 3.22. The fourth-order valence-corrected chi connectivity index (χ4v) is 2.90. The van der Waals surface area contributed by atoms with Gasteiger partial charge in [0.2, 0.25) is 0 Å². The molecule has 0 aliphatic carbocycles. The largest absolute Gasteiger partial charge is 0.0843 e. The molecule has 3 rings (SSSR count). The zero-order valence-corrected chi connectivity index (χ0v) is 12.0. The molecule has 0 saturated carbocycles. The van der Waals surface area contributed by atoms with E-state index in [1.807, 2.05) is 12.1 Å². The lowest BCUT2D eigenvalue weighted by molar-refractivity contribution is 1.52. The molecule has 0 N–H and O–H groups in total. The summed E-state index contributed by atoms with van der Waals surface area (Å²) in [5, 5.41) is 3.81. The molecule has 2 heteroatoms. The van der Waals surface area contributed by atoms with Gasteiger partial charge >= 0.3 is 0 Å². The summed E-state index contributed by atoms with van der Waals surface area (Å²) in [6, 6.07) is 18.2. The molecule has 0 saturated heterocycles. The summed E-state index contributed by atoms with van der Waals surface area (Å²) < 4.78 is 0. The van der Waals surface area contributed by atoms with Gasteiger partial charge in [0, 0.05) is 15.6 Å². The average Bonchev–Trinajstić information content (AvgIpc) is 2.41. The maximum Gasteiger partial charge on any atom is 0.0499 e. The van der Waals surface area contributed by atoms with Gasteiger partial charge in [0.1, 0.15) is 0 Å². The van der Waals surface area contributed by atoms with Gasteiger partial charge in [-0.1, -0.05) is 65.7 Å². The number of hydrogen-bond donors (Lipinski definition) is 0. The molecule has 0 fully saturated rings. The van der Waals surface area contributed by atoms with Gasteiger partial charge in [-0.25, -0.2) is 0 Å². The Bertz CT molecular complexity index is 760. The summed E-state index contributed by atoms with van der Waals surface area (Å²) in [5.41, 5.74) is 3.43. The van der Waals surface area contributed by atoms with Gasteiger partial charge in [-0.2, -0.15) is 0 Å². The van der Waals surface area contributed by atoms with Crippen molar-refractivity contribution < 1.29 is 0 Å². The van der Waals surface area contributed by atoms with E-state index in [0.717, 1.165) is 11.1 Å². The van der Waals surface area contributed by atoms with Gasteiger partial charge in [0.25, 0.3) is 0 Å². The van der Waals surface area contributed by atoms with Crippen LogP contribution in [0.2, 0.25) is 10.0 Å². The molecule has 19 heavy (non-hydrogen) atoms. The number of aryl methyl sites for hydroxylation is 1. The number of halogens is 2. The van der Waals surface area contributed by atoms with Crippen molar-refractivity contribution in [1.82, 2.24) is 0 Å². The average molecular weight is 287 g/mol. The zero-order valence-electron chi connectivity index (χ0n) is 10.5. The molecule has 94 valence electrons. The minimum Gasteiger partial charge on any atom is -0.0843 e. The third-order valence-corrected chi connectivity index (χ3v) is 3.91. The van der Waals surface area contributed by atoms with Crippen molar-refractivity contribution in [2.24, 2.45) is 0 Å². The van der Waals surface area contributed by atoms with Gasteiger partial charge in [-0.05, 0) is 41.0 Å². The van der Waals surface area contributed by atoms with Crippen molar-refractivity contribution in [2.75, 3.05) is 0 Å². The Balaban J connectivity index is 2.34. The summed E-state index contributed by atoms with van der Waals surface area (Å²) in [6.07, 6.45) is 0. The van der Waals surface area contributed by atoms with Crippen molar-refractivity contribution in [3.63, 3.8) is 0 Å². The van der Waals surface area contributed by atoms with Crippen LogP contribution in [0, 0.1) is 6.92 Å². The van der Waals surface area contributed by atoms with E-state index in [9.17, 15) is 0 Å². The first kappa shape index (κ1) is 12.5. The highest BCUT2D eigenvalue weighted by atomic mass is 35.5. The van der Waals surface area contributed by atoms with Gasteiger partial charge in [-0.15, -0.1) is 0 Å². The van der Waals surface area contributed by atoms with Crippen molar-refractivity contribution in [2.45, 2.75) is 6.92 Å². The Morgan fingerprint density at radius 1 is 0.737 bits per heavy atom. The lowest BCUT2D eigenvalue weighted by Crippen LogP contribution is -1.85. The topological polar surface area (TPSA) is 0 Å². The molecule has 0 spiro atoms. The summed E-state index contributed by atoms with van der Waals surface area (Å²) in [4.78, 5) is 0. The predicted octanol–water partition coefficient (Wildman–Crippen LogP) is 6.12. The second-order valence-corrected chi connectivity index (χ2v) is 5.44. The maximum absolute atomic E-state index is 6.32. The number of hydrogen-bond acceptors (Lipinski definition) is 0. The fourth-order valence-electron chi connectivity index (χ4n) is 2.39. The molecule has 0 aromatic heterocycles. The molecule has 0 atom stereocenters. The SMILES string of the molecule is Cc1ccc(-c2ccc(Cl)cc2Cl)c2ccccc12. The second-order valence-electron chi connectivity index (χ2n) is 4.60. The van der Waals surface area contributed by atoms with E-state index in [1.165, 1.54) is 16.3 Å². The van der Waals surface area contributed by atoms with Gasteiger partial charge in [-0.3, -0.25) is 0 Å². The van der Waals surface area contributed by atoms with Crippen LogP contribution in [0.5, 0.6) is 0 Å². The highest BCUT2D eigenvalue weighted by Gasteiger charge is 2.09. The lowest BCUT2D eigenvalue weighted by Gasteiger charge is -2.11. The first-order valence-electron chi connectivity index (χ1n) is 6.10. The van der Waals surface area contributed by atoms with Crippen LogP contribution in [0.4, 0.5) is 0 Å². The van der Waals surface area contributed by atoms with Gasteiger partial charge < -0.3 is 0 Å². The van der Waals surface area contributed by atoms with E-state index in [2.05, 4.69) is 43.3 Å². The minimum atomic E-state index is 0.658. The highest BCUT2D eigenvalue weighted by molar-refractivity contribution is 6.36. The molecule has 0 nitrogen and oxygen atoms in total. The van der Waals surface area contributed by atoms with Crippen LogP contribution in [0.3, 0.4) is 0 Å². The Labute approximate surface area is 122 Å². The monoisotopic (exact) mass is 286 g/mol. The van der Waals surface area contributed by atoms with E-state index < -0.39 is 0 Å². The predicted molar refractivity (Wildman–Crippen MR) is 84.1 cm³/mol. The first-order chi connectivity index (χ1) is 9.16. The standard InChI is InChI=1S/C17H12Cl2/c1-11-6-8-15(14-5-3-2-4-13(11)14)16-9-7-12(18)10-17(16)19/h2-10H,1H3. The van der Waals surface area contributed by atoms with Crippen molar-refractivity contribution in [3.05, 3.63) is 70.2 Å². The lowest BCUT2D eigenvalue weighted by atomic mass is 9.95. The van der Waals surface area contributed by atoms with Crippen LogP contribution in [0.25, 0.3) is 21.9 Å². The smallest absolute Gasteiger partial charge is 0.0499 e. The van der Waals surface area contributed by atoms with Crippen LogP contribution in [0.15, 0.2) is 54.6 Å². The molecule has 0 aliphatic heterocycles. The third-order valence-electron chi connectivity index (χ3n) is 3.36. The molecular weight excluding hydrogens is 275 g/mol. The van der Waals surface area contributed by atoms with Gasteiger partial charge in [0.05, 0.1) is 0 Å². The zero-order chi connectivity index (χ0) is 13.4. The van der Waals surface area contributed by atoms with E-state index in [1.54, 1.807) is 6.07 Å². The van der Waals surface area contributed by atoms with Crippen LogP contribution in [-0.2, 0) is 0 Å². The molecule has 3 aromatic rings. The molecule has 0 amide bonds. The van der Waals surface area contributed by atoms with Crippen molar-refractivity contribution in [1.29, 1.82) is 0 Å². The molecular formula is C17H12Cl2. The number of benzene rings is 3. The van der Waals surface area contributed by atoms with Crippen LogP contribution in [-0.4, -0.2) is 0 Å². The highest BCUT2D eigenvalue weighted by Crippen LogP contribution is 2.35.